The predicted molar refractivity (Wildman–Crippen MR) is 111 cm³/mol. The average molecular weight is 412 g/mol. The molecule has 2 aromatic carbocycles. The van der Waals surface area contributed by atoms with Gasteiger partial charge in [0.2, 0.25) is 5.91 Å². The molecule has 1 N–H and O–H groups in total. The first-order valence-electron chi connectivity index (χ1n) is 9.57. The summed E-state index contributed by atoms with van der Waals surface area (Å²) in [6, 6.07) is 14.0. The molecule has 0 atom stereocenters. The number of fused-ring (bicyclic) bond motifs is 1. The monoisotopic (exact) mass is 412 g/mol. The molecule has 0 radical (unpaired) electrons. The van der Waals surface area contributed by atoms with Crippen LogP contribution in [0.5, 0.6) is 5.75 Å². The number of nitrogens with one attached hydrogen (secondary N) is 1. The average Bonchev–Trinajstić information content (AvgIpc) is 3.40. The van der Waals surface area contributed by atoms with Crippen molar-refractivity contribution >= 4 is 33.2 Å². The minimum absolute atomic E-state index is 0.0610. The number of carbonyl (C=O) groups excluding carboxylic acids is 2. The summed E-state index contributed by atoms with van der Waals surface area (Å²) in [5.41, 5.74) is 0.498. The molecular weight excluding hydrogens is 391 g/mol. The molecule has 0 spiro atoms. The zero-order valence-electron chi connectivity index (χ0n) is 15.8. The second-order valence-electron chi connectivity index (χ2n) is 6.90. The van der Waals surface area contributed by atoms with E-state index in [2.05, 4.69) is 5.32 Å². The third-order valence-electron chi connectivity index (χ3n) is 4.95. The van der Waals surface area contributed by atoms with Gasteiger partial charge >= 0.3 is 0 Å². The smallest absolute Gasteiger partial charge is 0.262 e. The van der Waals surface area contributed by atoms with E-state index >= 15 is 0 Å². The Hall–Kier alpha value is -2.93. The Labute approximate surface area is 172 Å². The van der Waals surface area contributed by atoms with E-state index in [0.29, 0.717) is 26.3 Å². The molecule has 3 aromatic rings. The molecule has 2 amide bonds. The van der Waals surface area contributed by atoms with Gasteiger partial charge in [-0.25, -0.2) is 4.39 Å². The van der Waals surface area contributed by atoms with Gasteiger partial charge in [0.25, 0.3) is 5.91 Å². The van der Waals surface area contributed by atoms with Gasteiger partial charge in [-0.1, -0.05) is 24.3 Å². The number of thiophene rings is 1. The Kier molecular flexibility index (Phi) is 5.76. The number of hydrogen-bond acceptors (Lipinski definition) is 4. The molecular formula is C22H21FN2O3S. The minimum Gasteiger partial charge on any atom is -0.489 e. The van der Waals surface area contributed by atoms with Crippen molar-refractivity contribution in [3.63, 3.8) is 0 Å². The fourth-order valence-electron chi connectivity index (χ4n) is 3.48. The van der Waals surface area contributed by atoms with Gasteiger partial charge in [-0.3, -0.25) is 9.59 Å². The minimum atomic E-state index is -0.391. The maximum Gasteiger partial charge on any atom is 0.262 e. The molecule has 5 nitrogen and oxygen atoms in total. The number of para-hydroxylation sites is 1. The van der Waals surface area contributed by atoms with Crippen molar-refractivity contribution in [2.45, 2.75) is 19.4 Å². The van der Waals surface area contributed by atoms with Crippen LogP contribution in [0, 0.1) is 5.82 Å². The van der Waals surface area contributed by atoms with Gasteiger partial charge in [-0.2, -0.15) is 0 Å². The summed E-state index contributed by atoms with van der Waals surface area (Å²) in [5, 5.41) is 3.09. The predicted octanol–water partition coefficient (Wildman–Crippen LogP) is 3.97. The van der Waals surface area contributed by atoms with Crippen molar-refractivity contribution < 1.29 is 18.7 Å². The second kappa shape index (κ2) is 8.61. The SMILES string of the molecule is O=C(NCC(=O)N1CCCC1)c1sc2cccc(F)c2c1COc1ccccc1. The van der Waals surface area contributed by atoms with Crippen LogP contribution in [0.4, 0.5) is 4.39 Å². The number of rotatable bonds is 6. The van der Waals surface area contributed by atoms with E-state index in [1.807, 2.05) is 18.2 Å². The summed E-state index contributed by atoms with van der Waals surface area (Å²) in [6.07, 6.45) is 1.99. The summed E-state index contributed by atoms with van der Waals surface area (Å²) < 4.78 is 21.0. The number of nitrogens with zero attached hydrogens (tertiary/aromatic N) is 1. The van der Waals surface area contributed by atoms with Crippen LogP contribution < -0.4 is 10.1 Å². The maximum atomic E-state index is 14.5. The molecule has 7 heteroatoms. The van der Waals surface area contributed by atoms with Crippen LogP contribution in [-0.4, -0.2) is 36.3 Å². The molecule has 29 heavy (non-hydrogen) atoms. The van der Waals surface area contributed by atoms with Crippen LogP contribution >= 0.6 is 11.3 Å². The molecule has 0 saturated carbocycles. The second-order valence-corrected chi connectivity index (χ2v) is 7.95. The van der Waals surface area contributed by atoms with Crippen LogP contribution in [0.25, 0.3) is 10.1 Å². The van der Waals surface area contributed by atoms with E-state index in [0.717, 1.165) is 25.9 Å². The fourth-order valence-corrected chi connectivity index (χ4v) is 4.61. The fraction of sp³-hybridized carbons (Fsp3) is 0.273. The molecule has 1 saturated heterocycles. The molecule has 2 heterocycles. The van der Waals surface area contributed by atoms with Gasteiger partial charge < -0.3 is 15.0 Å². The molecule has 1 aromatic heterocycles. The Bertz CT molecular complexity index is 1030. The molecule has 1 aliphatic heterocycles. The van der Waals surface area contributed by atoms with Crippen molar-refractivity contribution in [1.29, 1.82) is 0 Å². The van der Waals surface area contributed by atoms with Gasteiger partial charge in [0.15, 0.2) is 0 Å². The van der Waals surface area contributed by atoms with E-state index in [9.17, 15) is 14.0 Å². The third kappa shape index (κ3) is 4.24. The van der Waals surface area contributed by atoms with Crippen molar-refractivity contribution in [1.82, 2.24) is 10.2 Å². The van der Waals surface area contributed by atoms with Crippen molar-refractivity contribution in [3.05, 3.63) is 64.8 Å². The van der Waals surface area contributed by atoms with Gasteiger partial charge in [0.05, 0.1) is 11.4 Å². The van der Waals surface area contributed by atoms with Gasteiger partial charge in [0.1, 0.15) is 18.2 Å². The number of carbonyl (C=O) groups is 2. The lowest BCUT2D eigenvalue weighted by Crippen LogP contribution is -2.38. The first-order chi connectivity index (χ1) is 14.1. The number of likely N-dealkylation sites (tertiary alicyclic amines) is 1. The Morgan fingerprint density at radius 1 is 1.07 bits per heavy atom. The third-order valence-corrected chi connectivity index (χ3v) is 6.15. The van der Waals surface area contributed by atoms with E-state index in [1.165, 1.54) is 17.4 Å². The lowest BCUT2D eigenvalue weighted by molar-refractivity contribution is -0.129. The van der Waals surface area contributed by atoms with Gasteiger partial charge in [-0.05, 0) is 37.1 Å². The molecule has 0 bridgehead atoms. The Balaban J connectivity index is 1.56. The topological polar surface area (TPSA) is 58.6 Å². The summed E-state index contributed by atoms with van der Waals surface area (Å²) in [6.45, 7) is 1.47. The van der Waals surface area contributed by atoms with Crippen LogP contribution in [0.3, 0.4) is 0 Å². The van der Waals surface area contributed by atoms with E-state index in [-0.39, 0.29) is 25.0 Å². The number of benzene rings is 2. The zero-order chi connectivity index (χ0) is 20.2. The van der Waals surface area contributed by atoms with E-state index in [4.69, 9.17) is 4.74 Å². The molecule has 1 fully saturated rings. The summed E-state index contributed by atoms with van der Waals surface area (Å²) in [4.78, 5) is 27.2. The maximum absolute atomic E-state index is 14.5. The summed E-state index contributed by atoms with van der Waals surface area (Å²) in [5.74, 6) is -0.230. The van der Waals surface area contributed by atoms with Crippen LogP contribution in [0.1, 0.15) is 28.1 Å². The van der Waals surface area contributed by atoms with Crippen LogP contribution in [-0.2, 0) is 11.4 Å². The standard InChI is InChI=1S/C22H21FN2O3S/c23-17-9-6-10-18-20(17)16(14-28-15-7-2-1-3-8-15)21(29-18)22(27)24-13-19(26)25-11-4-5-12-25/h1-3,6-10H,4-5,11-14H2,(H,24,27). The lowest BCUT2D eigenvalue weighted by atomic mass is 10.1. The quantitative estimate of drug-likeness (QED) is 0.667. The first-order valence-corrected chi connectivity index (χ1v) is 10.4. The van der Waals surface area contributed by atoms with Crippen LogP contribution in [0.15, 0.2) is 48.5 Å². The molecule has 0 aliphatic carbocycles. The van der Waals surface area contributed by atoms with Gasteiger partial charge in [-0.15, -0.1) is 11.3 Å². The number of ether oxygens (including phenoxy) is 1. The summed E-state index contributed by atoms with van der Waals surface area (Å²) >= 11 is 1.21. The molecule has 4 rings (SSSR count). The molecule has 1 aliphatic rings. The highest BCUT2D eigenvalue weighted by Gasteiger charge is 2.23. The number of halogens is 1. The highest BCUT2D eigenvalue weighted by atomic mass is 32.1. The molecule has 0 unspecified atom stereocenters. The number of amides is 2. The first kappa shape index (κ1) is 19.4. The zero-order valence-corrected chi connectivity index (χ0v) is 16.6. The Morgan fingerprint density at radius 3 is 2.59 bits per heavy atom. The lowest BCUT2D eigenvalue weighted by Gasteiger charge is -2.15. The van der Waals surface area contributed by atoms with Crippen molar-refractivity contribution in [3.8, 4) is 5.75 Å². The van der Waals surface area contributed by atoms with Gasteiger partial charge in [0, 0.05) is 28.7 Å². The number of hydrogen-bond donors (Lipinski definition) is 1. The largest absolute Gasteiger partial charge is 0.489 e. The Morgan fingerprint density at radius 2 is 1.83 bits per heavy atom. The van der Waals surface area contributed by atoms with Crippen molar-refractivity contribution in [2.24, 2.45) is 0 Å². The van der Waals surface area contributed by atoms with Crippen molar-refractivity contribution in [2.75, 3.05) is 19.6 Å². The van der Waals surface area contributed by atoms with E-state index in [1.54, 1.807) is 29.2 Å². The summed E-state index contributed by atoms with van der Waals surface area (Å²) in [7, 11) is 0. The van der Waals surface area contributed by atoms with Crippen LogP contribution in [0.2, 0.25) is 0 Å². The normalized spacial score (nSPS) is 13.6. The van der Waals surface area contributed by atoms with E-state index < -0.39 is 5.82 Å². The highest BCUT2D eigenvalue weighted by Crippen LogP contribution is 2.34. The highest BCUT2D eigenvalue weighted by molar-refractivity contribution is 7.21. The molecule has 150 valence electrons.